The van der Waals surface area contributed by atoms with Crippen molar-refractivity contribution in [1.29, 1.82) is 0 Å². The van der Waals surface area contributed by atoms with Crippen LogP contribution >= 0.6 is 11.6 Å². The highest BCUT2D eigenvalue weighted by atomic mass is 35.5. The number of Topliss-reactive ketones (excluding diaryl/α,β-unsaturated/α-hetero) is 1. The minimum atomic E-state index is -1.19. The van der Waals surface area contributed by atoms with Gasteiger partial charge in [-0.3, -0.25) is 19.1 Å². The Bertz CT molecular complexity index is 1180. The Morgan fingerprint density at radius 2 is 1.94 bits per heavy atom. The van der Waals surface area contributed by atoms with Crippen molar-refractivity contribution >= 4 is 40.1 Å². The first kappa shape index (κ1) is 23.4. The van der Waals surface area contributed by atoms with Crippen LogP contribution in [0.15, 0.2) is 42.5 Å². The fraction of sp³-hybridized carbons (Fsp3) is 0.273. The third-order valence-corrected chi connectivity index (χ3v) is 5.29. The standard InChI is InChI=1S/C22H22ClFN4O4/c1-12(29)20(17(30)10-9-13-5-4-7-15(23)19(13)24)26-18(31)11-28-16-8-3-2-6-14(16)21(27-28)22(25)32/h2-8,12,20,29H,9-11H2,1H3,(H2,25,32)(H,26,31)/t12?,20-/m0/s1. The summed E-state index contributed by atoms with van der Waals surface area (Å²) in [5.74, 6) is -2.39. The van der Waals surface area contributed by atoms with Crippen LogP contribution in [0.4, 0.5) is 4.39 Å². The van der Waals surface area contributed by atoms with Crippen molar-refractivity contribution in [2.45, 2.75) is 38.5 Å². The Kier molecular flexibility index (Phi) is 7.22. The number of aromatic nitrogens is 2. The van der Waals surface area contributed by atoms with Gasteiger partial charge in [0.1, 0.15) is 18.4 Å². The number of carbonyl (C=O) groups excluding carboxylic acids is 3. The molecule has 1 unspecified atom stereocenters. The number of ketones is 1. The van der Waals surface area contributed by atoms with E-state index in [1.807, 2.05) is 0 Å². The van der Waals surface area contributed by atoms with E-state index in [2.05, 4.69) is 10.4 Å². The van der Waals surface area contributed by atoms with Crippen LogP contribution in [0.2, 0.25) is 5.02 Å². The van der Waals surface area contributed by atoms with Crippen LogP contribution in [0.3, 0.4) is 0 Å². The maximum atomic E-state index is 14.0. The number of nitrogens with one attached hydrogen (secondary N) is 1. The zero-order valence-electron chi connectivity index (χ0n) is 17.2. The SMILES string of the molecule is CC(O)[C@H](NC(=O)Cn1nc(C(N)=O)c2ccccc21)C(=O)CCc1cccc(Cl)c1F. The van der Waals surface area contributed by atoms with E-state index < -0.39 is 35.6 Å². The first-order valence-electron chi connectivity index (χ1n) is 9.87. The molecular formula is C22H22ClFN4O4. The molecule has 0 bridgehead atoms. The maximum absolute atomic E-state index is 14.0. The molecule has 0 aliphatic carbocycles. The quantitative estimate of drug-likeness (QED) is 0.450. The molecule has 1 aromatic heterocycles. The number of aliphatic hydroxyl groups is 1. The van der Waals surface area contributed by atoms with Crippen LogP contribution in [0.5, 0.6) is 0 Å². The molecule has 4 N–H and O–H groups in total. The number of primary amides is 1. The molecule has 0 saturated heterocycles. The zero-order valence-corrected chi connectivity index (χ0v) is 18.0. The van der Waals surface area contributed by atoms with Crippen LogP contribution in [0.25, 0.3) is 10.9 Å². The second-order valence-corrected chi connectivity index (χ2v) is 7.76. The summed E-state index contributed by atoms with van der Waals surface area (Å²) < 4.78 is 15.3. The molecule has 10 heteroatoms. The van der Waals surface area contributed by atoms with Gasteiger partial charge in [0.25, 0.3) is 5.91 Å². The summed E-state index contributed by atoms with van der Waals surface area (Å²) in [5.41, 5.74) is 6.17. The average Bonchev–Trinajstić information content (AvgIpc) is 3.11. The molecule has 0 aliphatic rings. The number of para-hydroxylation sites is 1. The van der Waals surface area contributed by atoms with Gasteiger partial charge >= 0.3 is 0 Å². The van der Waals surface area contributed by atoms with Crippen LogP contribution in [-0.4, -0.2) is 44.6 Å². The predicted octanol–water partition coefficient (Wildman–Crippen LogP) is 2.00. The lowest BCUT2D eigenvalue weighted by Crippen LogP contribution is -2.48. The maximum Gasteiger partial charge on any atom is 0.269 e. The van der Waals surface area contributed by atoms with Gasteiger partial charge in [0.2, 0.25) is 5.91 Å². The van der Waals surface area contributed by atoms with Gasteiger partial charge in [0, 0.05) is 11.8 Å². The summed E-state index contributed by atoms with van der Waals surface area (Å²) in [7, 11) is 0. The van der Waals surface area contributed by atoms with E-state index in [0.29, 0.717) is 10.9 Å². The van der Waals surface area contributed by atoms with Gasteiger partial charge in [0.05, 0.1) is 16.6 Å². The van der Waals surface area contributed by atoms with Crippen molar-refractivity contribution in [3.63, 3.8) is 0 Å². The number of nitrogens with two attached hydrogens (primary N) is 1. The fourth-order valence-electron chi connectivity index (χ4n) is 3.41. The van der Waals surface area contributed by atoms with Gasteiger partial charge in [0.15, 0.2) is 11.5 Å². The summed E-state index contributed by atoms with van der Waals surface area (Å²) in [6.07, 6.45) is -1.22. The number of benzene rings is 2. The van der Waals surface area contributed by atoms with Gasteiger partial charge < -0.3 is 16.2 Å². The third-order valence-electron chi connectivity index (χ3n) is 5.00. The molecule has 32 heavy (non-hydrogen) atoms. The molecule has 168 valence electrons. The number of fused-ring (bicyclic) bond motifs is 1. The van der Waals surface area contributed by atoms with Crippen molar-refractivity contribution in [3.8, 4) is 0 Å². The monoisotopic (exact) mass is 460 g/mol. The van der Waals surface area contributed by atoms with E-state index in [4.69, 9.17) is 17.3 Å². The number of rotatable bonds is 9. The van der Waals surface area contributed by atoms with Crippen molar-refractivity contribution in [3.05, 3.63) is 64.6 Å². The van der Waals surface area contributed by atoms with E-state index in [9.17, 15) is 23.9 Å². The molecule has 0 radical (unpaired) electrons. The molecule has 3 aromatic rings. The molecule has 2 aromatic carbocycles. The molecule has 8 nitrogen and oxygen atoms in total. The van der Waals surface area contributed by atoms with Crippen molar-refractivity contribution < 1.29 is 23.9 Å². The summed E-state index contributed by atoms with van der Waals surface area (Å²) in [4.78, 5) is 36.9. The van der Waals surface area contributed by atoms with E-state index in [1.165, 1.54) is 23.7 Å². The highest BCUT2D eigenvalue weighted by Crippen LogP contribution is 2.20. The van der Waals surface area contributed by atoms with E-state index in [1.54, 1.807) is 30.3 Å². The van der Waals surface area contributed by atoms with E-state index in [-0.39, 0.29) is 35.7 Å². The summed E-state index contributed by atoms with van der Waals surface area (Å²) in [5, 5.41) is 17.1. The van der Waals surface area contributed by atoms with Crippen molar-refractivity contribution in [2.24, 2.45) is 5.73 Å². The number of nitrogens with zero attached hydrogens (tertiary/aromatic N) is 2. The Hall–Kier alpha value is -3.30. The first-order chi connectivity index (χ1) is 15.2. The molecule has 0 aliphatic heterocycles. The zero-order chi connectivity index (χ0) is 23.4. The normalized spacial score (nSPS) is 13.0. The highest BCUT2D eigenvalue weighted by molar-refractivity contribution is 6.30. The van der Waals surface area contributed by atoms with E-state index >= 15 is 0 Å². The predicted molar refractivity (Wildman–Crippen MR) is 117 cm³/mol. The number of hydrogen-bond donors (Lipinski definition) is 3. The van der Waals surface area contributed by atoms with Crippen molar-refractivity contribution in [1.82, 2.24) is 15.1 Å². The molecule has 0 saturated carbocycles. The lowest BCUT2D eigenvalue weighted by molar-refractivity contribution is -0.130. The third kappa shape index (κ3) is 5.12. The Balaban J connectivity index is 1.70. The van der Waals surface area contributed by atoms with Crippen LogP contribution < -0.4 is 11.1 Å². The molecule has 3 rings (SSSR count). The molecule has 2 atom stereocenters. The van der Waals surface area contributed by atoms with Crippen LogP contribution in [0, 0.1) is 5.82 Å². The number of carbonyl (C=O) groups is 3. The number of halogens is 2. The average molecular weight is 461 g/mol. The van der Waals surface area contributed by atoms with Gasteiger partial charge in [-0.25, -0.2) is 4.39 Å². The minimum Gasteiger partial charge on any atom is -0.391 e. The fourth-order valence-corrected chi connectivity index (χ4v) is 3.60. The Labute approximate surface area is 188 Å². The molecule has 1 heterocycles. The first-order valence-corrected chi connectivity index (χ1v) is 10.2. The van der Waals surface area contributed by atoms with Crippen LogP contribution in [0.1, 0.15) is 29.4 Å². The summed E-state index contributed by atoms with van der Waals surface area (Å²) >= 11 is 5.76. The second-order valence-electron chi connectivity index (χ2n) is 7.35. The smallest absolute Gasteiger partial charge is 0.269 e. The Morgan fingerprint density at radius 3 is 2.62 bits per heavy atom. The molecular weight excluding hydrogens is 439 g/mol. The largest absolute Gasteiger partial charge is 0.391 e. The summed E-state index contributed by atoms with van der Waals surface area (Å²) in [6, 6.07) is 10.1. The van der Waals surface area contributed by atoms with Gasteiger partial charge in [-0.1, -0.05) is 41.9 Å². The minimum absolute atomic E-state index is 0.0279. The van der Waals surface area contributed by atoms with Gasteiger partial charge in [-0.05, 0) is 31.0 Å². The topological polar surface area (TPSA) is 127 Å². The number of aliphatic hydroxyl groups excluding tert-OH is 1. The van der Waals surface area contributed by atoms with E-state index in [0.717, 1.165) is 0 Å². The molecule has 0 spiro atoms. The van der Waals surface area contributed by atoms with Crippen molar-refractivity contribution in [2.75, 3.05) is 0 Å². The number of hydrogen-bond acceptors (Lipinski definition) is 5. The number of amides is 2. The lowest BCUT2D eigenvalue weighted by Gasteiger charge is -2.20. The Morgan fingerprint density at radius 1 is 1.22 bits per heavy atom. The highest BCUT2D eigenvalue weighted by Gasteiger charge is 2.26. The van der Waals surface area contributed by atoms with Gasteiger partial charge in [-0.2, -0.15) is 5.10 Å². The number of aryl methyl sites for hydroxylation is 1. The van der Waals surface area contributed by atoms with Gasteiger partial charge in [-0.15, -0.1) is 0 Å². The lowest BCUT2D eigenvalue weighted by atomic mass is 10.00. The van der Waals surface area contributed by atoms with Crippen LogP contribution in [-0.2, 0) is 22.6 Å². The molecule has 2 amide bonds. The second kappa shape index (κ2) is 9.88. The summed E-state index contributed by atoms with van der Waals surface area (Å²) in [6.45, 7) is 1.07. The molecule has 0 fully saturated rings.